The Labute approximate surface area is 191 Å². The molecule has 0 unspecified atom stereocenters. The second kappa shape index (κ2) is 8.98. The molecule has 8 heteroatoms. The Morgan fingerprint density at radius 3 is 2.52 bits per heavy atom. The van der Waals surface area contributed by atoms with Gasteiger partial charge >= 0.3 is 10.1 Å². The van der Waals surface area contributed by atoms with Crippen molar-refractivity contribution in [1.29, 1.82) is 0 Å². The molecule has 4 rings (SSSR count). The zero-order valence-electron chi connectivity index (χ0n) is 18.4. The number of fused-ring (bicyclic) bond motifs is 3. The van der Waals surface area contributed by atoms with E-state index in [2.05, 4.69) is 36.9 Å². The summed E-state index contributed by atoms with van der Waals surface area (Å²) in [5.74, 6) is 0.990. The molecule has 0 radical (unpaired) electrons. The van der Waals surface area contributed by atoms with Gasteiger partial charge in [-0.3, -0.25) is 4.90 Å². The molecule has 0 amide bonds. The van der Waals surface area contributed by atoms with Crippen LogP contribution in [0.3, 0.4) is 0 Å². The van der Waals surface area contributed by atoms with E-state index in [0.29, 0.717) is 11.7 Å². The van der Waals surface area contributed by atoms with Crippen LogP contribution in [0.5, 0.6) is 11.5 Å². The summed E-state index contributed by atoms with van der Waals surface area (Å²) in [5.41, 5.74) is 12.9. The average molecular weight is 467 g/mol. The number of ether oxygens (including phenoxy) is 1. The highest BCUT2D eigenvalue weighted by Crippen LogP contribution is 2.44. The standard InChI is InChI=1S/C23H30N2O4S.ClH/c1-14-5-6-15(2)17(9-14)19-13-25-8-7-16-10-23(29-30(4,26)27)22(28-3)11-18(16)21(25)12-20(19)24;/h5-6,9-11,19-21H,7-8,12-13,24H2,1-4H3;1H/t19-,20+,21+;/m0./s1. The van der Waals surface area contributed by atoms with Gasteiger partial charge in [0.05, 0.1) is 13.4 Å². The van der Waals surface area contributed by atoms with Crippen LogP contribution in [0.1, 0.15) is 46.2 Å². The van der Waals surface area contributed by atoms with E-state index in [-0.39, 0.29) is 30.2 Å². The molecule has 2 aliphatic rings. The molecular formula is C23H31ClN2O4S. The number of nitrogens with two attached hydrogens (primary N) is 1. The fourth-order valence-electron chi connectivity index (χ4n) is 4.94. The van der Waals surface area contributed by atoms with E-state index in [9.17, 15) is 8.42 Å². The van der Waals surface area contributed by atoms with Crippen LogP contribution in [-0.2, 0) is 16.5 Å². The van der Waals surface area contributed by atoms with Crippen LogP contribution in [0.4, 0.5) is 0 Å². The first-order chi connectivity index (χ1) is 14.2. The van der Waals surface area contributed by atoms with Crippen molar-refractivity contribution in [1.82, 2.24) is 4.90 Å². The van der Waals surface area contributed by atoms with Crippen molar-refractivity contribution >= 4 is 22.5 Å². The molecule has 0 saturated carbocycles. The van der Waals surface area contributed by atoms with Crippen molar-refractivity contribution in [3.8, 4) is 11.5 Å². The average Bonchev–Trinajstić information content (AvgIpc) is 2.67. The van der Waals surface area contributed by atoms with Crippen molar-refractivity contribution in [2.24, 2.45) is 5.73 Å². The van der Waals surface area contributed by atoms with Crippen LogP contribution < -0.4 is 14.7 Å². The topological polar surface area (TPSA) is 81.9 Å². The van der Waals surface area contributed by atoms with Gasteiger partial charge < -0.3 is 14.7 Å². The molecule has 0 aromatic heterocycles. The number of methoxy groups -OCH3 is 1. The summed E-state index contributed by atoms with van der Waals surface area (Å²) in [6, 6.07) is 10.6. The van der Waals surface area contributed by atoms with Crippen LogP contribution in [0.25, 0.3) is 0 Å². The minimum absolute atomic E-state index is 0. The summed E-state index contributed by atoms with van der Waals surface area (Å²) in [7, 11) is -2.10. The maximum atomic E-state index is 11.6. The van der Waals surface area contributed by atoms with Gasteiger partial charge in [0, 0.05) is 31.1 Å². The molecule has 31 heavy (non-hydrogen) atoms. The summed E-state index contributed by atoms with van der Waals surface area (Å²) >= 11 is 0. The molecule has 6 nitrogen and oxygen atoms in total. The van der Waals surface area contributed by atoms with Gasteiger partial charge in [-0.1, -0.05) is 23.8 Å². The van der Waals surface area contributed by atoms with Gasteiger partial charge in [0.1, 0.15) is 0 Å². The number of hydrogen-bond donors (Lipinski definition) is 1. The van der Waals surface area contributed by atoms with E-state index in [1.54, 1.807) is 0 Å². The van der Waals surface area contributed by atoms with Crippen molar-refractivity contribution in [3.05, 3.63) is 58.1 Å². The maximum absolute atomic E-state index is 11.6. The first-order valence-electron chi connectivity index (χ1n) is 10.3. The molecule has 0 spiro atoms. The van der Waals surface area contributed by atoms with E-state index in [0.717, 1.165) is 43.3 Å². The van der Waals surface area contributed by atoms with E-state index in [1.165, 1.54) is 23.8 Å². The fraction of sp³-hybridized carbons (Fsp3) is 0.478. The Kier molecular flexibility index (Phi) is 6.91. The predicted octanol–water partition coefficient (Wildman–Crippen LogP) is 3.49. The van der Waals surface area contributed by atoms with Crippen LogP contribution in [-0.4, -0.2) is 45.8 Å². The molecule has 2 N–H and O–H groups in total. The zero-order valence-corrected chi connectivity index (χ0v) is 20.1. The molecular weight excluding hydrogens is 436 g/mol. The van der Waals surface area contributed by atoms with Crippen molar-refractivity contribution in [2.75, 3.05) is 26.5 Å². The lowest BCUT2D eigenvalue weighted by atomic mass is 9.77. The Balaban J connectivity index is 0.00000272. The minimum atomic E-state index is -3.62. The van der Waals surface area contributed by atoms with E-state index < -0.39 is 10.1 Å². The summed E-state index contributed by atoms with van der Waals surface area (Å²) in [5, 5.41) is 0. The predicted molar refractivity (Wildman–Crippen MR) is 125 cm³/mol. The highest BCUT2D eigenvalue weighted by molar-refractivity contribution is 7.86. The molecule has 1 saturated heterocycles. The van der Waals surface area contributed by atoms with Crippen molar-refractivity contribution < 1.29 is 17.3 Å². The summed E-state index contributed by atoms with van der Waals surface area (Å²) in [4.78, 5) is 2.51. The SMILES string of the molecule is COc1cc2c(cc1OS(C)(=O)=O)CCN1C[C@@H](c3cc(C)ccc3C)[C@H](N)C[C@H]21.Cl. The number of benzene rings is 2. The Bertz CT molecular complexity index is 1070. The molecule has 0 bridgehead atoms. The lowest BCUT2D eigenvalue weighted by Crippen LogP contribution is -2.49. The number of aryl methyl sites for hydroxylation is 2. The van der Waals surface area contributed by atoms with Crippen molar-refractivity contribution in [3.63, 3.8) is 0 Å². The van der Waals surface area contributed by atoms with Gasteiger partial charge in [0.25, 0.3) is 0 Å². The molecule has 2 heterocycles. The van der Waals surface area contributed by atoms with Gasteiger partial charge in [-0.25, -0.2) is 0 Å². The van der Waals surface area contributed by atoms with E-state index in [4.69, 9.17) is 14.7 Å². The van der Waals surface area contributed by atoms with Crippen molar-refractivity contribution in [2.45, 2.75) is 44.7 Å². The number of hydrogen-bond acceptors (Lipinski definition) is 6. The smallest absolute Gasteiger partial charge is 0.306 e. The molecule has 3 atom stereocenters. The Morgan fingerprint density at radius 1 is 1.10 bits per heavy atom. The summed E-state index contributed by atoms with van der Waals surface area (Å²) < 4.78 is 33.9. The van der Waals surface area contributed by atoms with Gasteiger partial charge in [-0.15, -0.1) is 12.4 Å². The monoisotopic (exact) mass is 466 g/mol. The Hall–Kier alpha value is -1.80. The number of halogens is 1. The first-order valence-corrected chi connectivity index (χ1v) is 12.1. The maximum Gasteiger partial charge on any atom is 0.306 e. The number of nitrogens with zero attached hydrogens (tertiary/aromatic N) is 1. The van der Waals surface area contributed by atoms with Crippen LogP contribution in [0.15, 0.2) is 30.3 Å². The van der Waals surface area contributed by atoms with Crippen LogP contribution in [0.2, 0.25) is 0 Å². The van der Waals surface area contributed by atoms with E-state index >= 15 is 0 Å². The van der Waals surface area contributed by atoms with Gasteiger partial charge in [0.15, 0.2) is 11.5 Å². The molecule has 1 fully saturated rings. The Morgan fingerprint density at radius 2 is 1.84 bits per heavy atom. The van der Waals surface area contributed by atoms with Gasteiger partial charge in [-0.2, -0.15) is 8.42 Å². The quantitative estimate of drug-likeness (QED) is 0.694. The highest BCUT2D eigenvalue weighted by Gasteiger charge is 2.39. The third-order valence-corrected chi connectivity index (χ3v) is 6.89. The first kappa shape index (κ1) is 23.9. The second-order valence-corrected chi connectivity index (χ2v) is 10.2. The minimum Gasteiger partial charge on any atom is -0.493 e. The van der Waals surface area contributed by atoms with Crippen LogP contribution >= 0.6 is 12.4 Å². The highest BCUT2D eigenvalue weighted by atomic mass is 35.5. The summed E-state index contributed by atoms with van der Waals surface area (Å²) in [6.07, 6.45) is 2.73. The van der Waals surface area contributed by atoms with E-state index in [1.807, 2.05) is 12.1 Å². The second-order valence-electron chi connectivity index (χ2n) is 8.62. The molecule has 2 aliphatic heterocycles. The third kappa shape index (κ3) is 4.85. The van der Waals surface area contributed by atoms with Gasteiger partial charge in [-0.05, 0) is 61.1 Å². The molecule has 0 aliphatic carbocycles. The lowest BCUT2D eigenvalue weighted by molar-refractivity contribution is 0.109. The number of rotatable bonds is 4. The summed E-state index contributed by atoms with van der Waals surface area (Å²) in [6.45, 7) is 6.11. The number of piperidine rings is 1. The largest absolute Gasteiger partial charge is 0.493 e. The van der Waals surface area contributed by atoms with Gasteiger partial charge in [0.2, 0.25) is 0 Å². The lowest BCUT2D eigenvalue weighted by Gasteiger charge is -2.46. The normalized spacial score (nSPS) is 23.3. The van der Waals surface area contributed by atoms with Crippen LogP contribution in [0, 0.1) is 13.8 Å². The molecule has 170 valence electrons. The molecule has 2 aromatic carbocycles. The zero-order chi connectivity index (χ0) is 21.6. The third-order valence-electron chi connectivity index (χ3n) is 6.41. The molecule has 2 aromatic rings. The fourth-order valence-corrected chi connectivity index (χ4v) is 5.40.